The summed E-state index contributed by atoms with van der Waals surface area (Å²) in [5.41, 5.74) is 1.01. The maximum atomic E-state index is 12.4. The molecule has 2 aliphatic rings. The monoisotopic (exact) mass is 368 g/mol. The van der Waals surface area contributed by atoms with Gasteiger partial charge in [0.25, 0.3) is 0 Å². The van der Waals surface area contributed by atoms with Crippen LogP contribution >= 0.6 is 0 Å². The Morgan fingerprint density at radius 3 is 2.74 bits per heavy atom. The van der Waals surface area contributed by atoms with Crippen LogP contribution in [0.1, 0.15) is 18.5 Å². The molecule has 1 aromatic carbocycles. The molecule has 0 radical (unpaired) electrons. The van der Waals surface area contributed by atoms with Crippen molar-refractivity contribution in [2.75, 3.05) is 44.4 Å². The van der Waals surface area contributed by atoms with E-state index in [1.54, 1.807) is 0 Å². The smallest absolute Gasteiger partial charge is 0.234 e. The summed E-state index contributed by atoms with van der Waals surface area (Å²) in [6.07, 6.45) is 1.81. The second-order valence-corrected chi connectivity index (χ2v) is 6.85. The van der Waals surface area contributed by atoms with Crippen molar-refractivity contribution in [2.24, 2.45) is 0 Å². The number of nitrogens with one attached hydrogen (secondary N) is 1. The second-order valence-electron chi connectivity index (χ2n) is 6.85. The average molecular weight is 368 g/mol. The maximum absolute atomic E-state index is 12.4. The number of piperazine rings is 1. The summed E-state index contributed by atoms with van der Waals surface area (Å²) in [6, 6.07) is 11.6. The number of pyridine rings is 1. The molecule has 1 fully saturated rings. The van der Waals surface area contributed by atoms with Gasteiger partial charge in [0.2, 0.25) is 12.7 Å². The number of anilines is 1. The minimum absolute atomic E-state index is 0.0338. The number of hydrogen-bond donors (Lipinski definition) is 1. The molecule has 2 aliphatic heterocycles. The van der Waals surface area contributed by atoms with E-state index in [1.807, 2.05) is 49.5 Å². The lowest BCUT2D eigenvalue weighted by molar-refractivity contribution is -0.123. The molecule has 142 valence electrons. The van der Waals surface area contributed by atoms with Gasteiger partial charge in [-0.2, -0.15) is 0 Å². The third-order valence-corrected chi connectivity index (χ3v) is 4.99. The molecule has 0 spiro atoms. The lowest BCUT2D eigenvalue weighted by Gasteiger charge is -2.35. The highest BCUT2D eigenvalue weighted by atomic mass is 16.7. The van der Waals surface area contributed by atoms with Crippen molar-refractivity contribution in [3.63, 3.8) is 0 Å². The Balaban J connectivity index is 1.26. The highest BCUT2D eigenvalue weighted by Crippen LogP contribution is 2.34. The Morgan fingerprint density at radius 1 is 1.15 bits per heavy atom. The molecule has 1 saturated heterocycles. The van der Waals surface area contributed by atoms with Crippen LogP contribution in [0.3, 0.4) is 0 Å². The predicted molar refractivity (Wildman–Crippen MR) is 102 cm³/mol. The van der Waals surface area contributed by atoms with Crippen LogP contribution in [0.4, 0.5) is 5.82 Å². The SMILES string of the molecule is CC(NC(=O)CN1CCN(c2ccccn2)CC1)c1ccc2c(c1)OCO2. The number of amides is 1. The molecular weight excluding hydrogens is 344 g/mol. The van der Waals surface area contributed by atoms with Crippen molar-refractivity contribution in [2.45, 2.75) is 13.0 Å². The van der Waals surface area contributed by atoms with E-state index in [0.717, 1.165) is 49.1 Å². The van der Waals surface area contributed by atoms with E-state index in [9.17, 15) is 4.79 Å². The van der Waals surface area contributed by atoms with Crippen molar-refractivity contribution in [1.29, 1.82) is 0 Å². The van der Waals surface area contributed by atoms with E-state index in [1.165, 1.54) is 0 Å². The Morgan fingerprint density at radius 2 is 1.96 bits per heavy atom. The molecule has 1 amide bonds. The van der Waals surface area contributed by atoms with E-state index < -0.39 is 0 Å². The van der Waals surface area contributed by atoms with Crippen LogP contribution in [-0.2, 0) is 4.79 Å². The van der Waals surface area contributed by atoms with Gasteiger partial charge >= 0.3 is 0 Å². The van der Waals surface area contributed by atoms with E-state index in [-0.39, 0.29) is 18.7 Å². The minimum Gasteiger partial charge on any atom is -0.454 e. The average Bonchev–Trinajstić information content (AvgIpc) is 3.17. The Labute approximate surface area is 158 Å². The van der Waals surface area contributed by atoms with Crippen LogP contribution in [0.2, 0.25) is 0 Å². The topological polar surface area (TPSA) is 66.9 Å². The van der Waals surface area contributed by atoms with Gasteiger partial charge in [-0.05, 0) is 36.8 Å². The zero-order valence-corrected chi connectivity index (χ0v) is 15.4. The van der Waals surface area contributed by atoms with Crippen LogP contribution in [0.15, 0.2) is 42.6 Å². The normalized spacial score (nSPS) is 17.6. The van der Waals surface area contributed by atoms with E-state index in [2.05, 4.69) is 20.1 Å². The Kier molecular flexibility index (Phi) is 5.11. The lowest BCUT2D eigenvalue weighted by atomic mass is 10.1. The summed E-state index contributed by atoms with van der Waals surface area (Å²) < 4.78 is 10.7. The van der Waals surface area contributed by atoms with Crippen molar-refractivity contribution in [3.8, 4) is 11.5 Å². The fourth-order valence-electron chi connectivity index (χ4n) is 3.43. The molecule has 0 saturated carbocycles. The van der Waals surface area contributed by atoms with Gasteiger partial charge < -0.3 is 19.7 Å². The van der Waals surface area contributed by atoms with Gasteiger partial charge in [-0.1, -0.05) is 12.1 Å². The van der Waals surface area contributed by atoms with Gasteiger partial charge in [0.1, 0.15) is 5.82 Å². The van der Waals surface area contributed by atoms with Crippen molar-refractivity contribution in [3.05, 3.63) is 48.2 Å². The first-order chi connectivity index (χ1) is 13.2. The summed E-state index contributed by atoms with van der Waals surface area (Å²) in [5.74, 6) is 2.52. The number of rotatable bonds is 5. The molecule has 3 heterocycles. The summed E-state index contributed by atoms with van der Waals surface area (Å²) in [4.78, 5) is 21.3. The summed E-state index contributed by atoms with van der Waals surface area (Å²) in [5, 5.41) is 3.07. The van der Waals surface area contributed by atoms with Crippen LogP contribution < -0.4 is 19.7 Å². The van der Waals surface area contributed by atoms with Crippen molar-refractivity contribution < 1.29 is 14.3 Å². The summed E-state index contributed by atoms with van der Waals surface area (Å²) >= 11 is 0. The maximum Gasteiger partial charge on any atom is 0.234 e. The number of hydrogen-bond acceptors (Lipinski definition) is 6. The van der Waals surface area contributed by atoms with Crippen molar-refractivity contribution >= 4 is 11.7 Å². The zero-order chi connectivity index (χ0) is 18.6. The minimum atomic E-state index is -0.0817. The second kappa shape index (κ2) is 7.84. The molecule has 1 aromatic heterocycles. The number of carbonyl (C=O) groups excluding carboxylic acids is 1. The van der Waals surface area contributed by atoms with Crippen molar-refractivity contribution in [1.82, 2.24) is 15.2 Å². The molecular formula is C20H24N4O3. The molecule has 27 heavy (non-hydrogen) atoms. The third-order valence-electron chi connectivity index (χ3n) is 4.99. The molecule has 2 aromatic rings. The van der Waals surface area contributed by atoms with Crippen LogP contribution in [0.5, 0.6) is 11.5 Å². The lowest BCUT2D eigenvalue weighted by Crippen LogP contribution is -2.49. The molecule has 4 rings (SSSR count). The predicted octanol–water partition coefficient (Wildman–Crippen LogP) is 1.81. The largest absolute Gasteiger partial charge is 0.454 e. The molecule has 1 N–H and O–H groups in total. The first kappa shape index (κ1) is 17.6. The van der Waals surface area contributed by atoms with Crippen LogP contribution in [0, 0.1) is 0 Å². The van der Waals surface area contributed by atoms with Gasteiger partial charge in [0.15, 0.2) is 11.5 Å². The molecule has 7 nitrogen and oxygen atoms in total. The number of aromatic nitrogens is 1. The molecule has 0 aliphatic carbocycles. The van der Waals surface area contributed by atoms with Gasteiger partial charge in [-0.25, -0.2) is 4.98 Å². The molecule has 7 heteroatoms. The standard InChI is InChI=1S/C20H24N4O3/c1-15(16-5-6-17-18(12-16)27-14-26-17)22-20(25)13-23-8-10-24(11-9-23)19-4-2-3-7-21-19/h2-7,12,15H,8-11,13-14H2,1H3,(H,22,25). The highest BCUT2D eigenvalue weighted by Gasteiger charge is 2.21. The molecule has 1 atom stereocenters. The quantitative estimate of drug-likeness (QED) is 0.868. The Hall–Kier alpha value is -2.80. The first-order valence-electron chi connectivity index (χ1n) is 9.26. The fourth-order valence-corrected chi connectivity index (χ4v) is 3.43. The zero-order valence-electron chi connectivity index (χ0n) is 15.4. The third kappa shape index (κ3) is 4.14. The van der Waals surface area contributed by atoms with E-state index in [4.69, 9.17) is 9.47 Å². The number of fused-ring (bicyclic) bond motifs is 1. The fraction of sp³-hybridized carbons (Fsp3) is 0.400. The van der Waals surface area contributed by atoms with Crippen LogP contribution in [0.25, 0.3) is 0 Å². The number of benzene rings is 1. The summed E-state index contributed by atoms with van der Waals surface area (Å²) in [7, 11) is 0. The van der Waals surface area contributed by atoms with Crippen LogP contribution in [-0.4, -0.2) is 55.3 Å². The van der Waals surface area contributed by atoms with Gasteiger partial charge in [0.05, 0.1) is 12.6 Å². The molecule has 1 unspecified atom stereocenters. The first-order valence-corrected chi connectivity index (χ1v) is 9.26. The van der Waals surface area contributed by atoms with Gasteiger partial charge in [0, 0.05) is 32.4 Å². The van der Waals surface area contributed by atoms with E-state index >= 15 is 0 Å². The Bertz CT molecular complexity index is 791. The molecule has 0 bridgehead atoms. The highest BCUT2D eigenvalue weighted by molar-refractivity contribution is 5.78. The number of ether oxygens (including phenoxy) is 2. The number of nitrogens with zero attached hydrogens (tertiary/aromatic N) is 3. The van der Waals surface area contributed by atoms with Gasteiger partial charge in [-0.15, -0.1) is 0 Å². The van der Waals surface area contributed by atoms with E-state index in [0.29, 0.717) is 6.54 Å². The van der Waals surface area contributed by atoms with Gasteiger partial charge in [-0.3, -0.25) is 9.69 Å². The number of carbonyl (C=O) groups is 1. The summed E-state index contributed by atoms with van der Waals surface area (Å²) in [6.45, 7) is 6.10.